The lowest BCUT2D eigenvalue weighted by atomic mass is 10.2. The number of benzene rings is 1. The van der Waals surface area contributed by atoms with Crippen molar-refractivity contribution in [1.29, 1.82) is 0 Å². The van der Waals surface area contributed by atoms with E-state index in [-0.39, 0.29) is 17.4 Å². The molecule has 0 amide bonds. The van der Waals surface area contributed by atoms with Crippen LogP contribution in [-0.2, 0) is 0 Å². The van der Waals surface area contributed by atoms with Crippen LogP contribution in [-0.4, -0.2) is 17.4 Å². The van der Waals surface area contributed by atoms with Crippen LogP contribution >= 0.6 is 0 Å². The molecule has 1 heteroatoms. The molecule has 1 rings (SSSR count). The summed E-state index contributed by atoms with van der Waals surface area (Å²) in [4.78, 5) is 0. The molecule has 0 radical (unpaired) electrons. The van der Waals surface area contributed by atoms with Crippen molar-refractivity contribution in [2.75, 3.05) is 0 Å². The van der Waals surface area contributed by atoms with E-state index in [1.54, 1.807) is 0 Å². The summed E-state index contributed by atoms with van der Waals surface area (Å²) in [5.41, 5.74) is 1.17. The quantitative estimate of drug-likeness (QED) is 0.505. The molecule has 0 unspecified atom stereocenters. The maximum absolute atomic E-state index is 3.63. The highest BCUT2D eigenvalue weighted by Crippen LogP contribution is 1.97. The molecule has 0 saturated heterocycles. The first-order valence-corrected chi connectivity index (χ1v) is 2.61. The lowest BCUT2D eigenvalue weighted by Gasteiger charge is -1.85. The van der Waals surface area contributed by atoms with E-state index in [2.05, 4.69) is 6.58 Å². The highest BCUT2D eigenvalue weighted by atomic mass is 27.0. The molecule has 0 aliphatic heterocycles. The largest absolute Gasteiger partial charge is 0.187 e. The minimum atomic E-state index is 0. The predicted molar refractivity (Wildman–Crippen MR) is 46.5 cm³/mol. The fraction of sp³-hybridized carbons (Fsp3) is 0. The molecule has 0 nitrogen and oxygen atoms in total. The van der Waals surface area contributed by atoms with E-state index >= 15 is 0 Å². The van der Waals surface area contributed by atoms with Crippen molar-refractivity contribution in [1.82, 2.24) is 0 Å². The van der Waals surface area contributed by atoms with Gasteiger partial charge in [-0.1, -0.05) is 43.0 Å². The summed E-state index contributed by atoms with van der Waals surface area (Å²) >= 11 is 0. The van der Waals surface area contributed by atoms with Crippen LogP contribution in [0.4, 0.5) is 0 Å². The lowest BCUT2D eigenvalue weighted by molar-refractivity contribution is 1.67. The average molecular weight is 134 g/mol. The van der Waals surface area contributed by atoms with Crippen molar-refractivity contribution < 1.29 is 0 Å². The molecule has 0 saturated carbocycles. The molecule has 0 spiro atoms. The van der Waals surface area contributed by atoms with Crippen LogP contribution in [0.3, 0.4) is 0 Å². The molecular formula is C8H11Al. The van der Waals surface area contributed by atoms with Crippen LogP contribution in [0.15, 0.2) is 36.9 Å². The molecular weight excluding hydrogens is 123 g/mol. The third kappa shape index (κ3) is 2.51. The van der Waals surface area contributed by atoms with Gasteiger partial charge in [0.2, 0.25) is 0 Å². The maximum Gasteiger partial charge on any atom is 0.187 e. The van der Waals surface area contributed by atoms with E-state index < -0.39 is 0 Å². The predicted octanol–water partition coefficient (Wildman–Crippen LogP) is 1.15. The highest BCUT2D eigenvalue weighted by molar-refractivity contribution is 5.75. The first kappa shape index (κ1) is 8.49. The van der Waals surface area contributed by atoms with Crippen molar-refractivity contribution in [2.45, 2.75) is 0 Å². The number of rotatable bonds is 1. The minimum absolute atomic E-state index is 0. The normalized spacial score (nSPS) is 7.56. The summed E-state index contributed by atoms with van der Waals surface area (Å²) in [6, 6.07) is 10.0. The topological polar surface area (TPSA) is 0 Å². The Kier molecular flexibility index (Phi) is 4.13. The number of hydrogen-bond donors (Lipinski definition) is 0. The van der Waals surface area contributed by atoms with Crippen molar-refractivity contribution >= 4 is 23.4 Å². The Hall–Kier alpha value is -0.508. The van der Waals surface area contributed by atoms with Gasteiger partial charge in [0.25, 0.3) is 0 Å². The summed E-state index contributed by atoms with van der Waals surface area (Å²) < 4.78 is 0. The van der Waals surface area contributed by atoms with E-state index in [4.69, 9.17) is 0 Å². The minimum Gasteiger partial charge on any atom is -0.0985 e. The second kappa shape index (κ2) is 4.38. The Morgan fingerprint density at radius 1 is 1.11 bits per heavy atom. The Morgan fingerprint density at radius 3 is 2.00 bits per heavy atom. The zero-order chi connectivity index (χ0) is 5.82. The molecule has 1 aromatic carbocycles. The molecule has 1 aromatic rings. The highest BCUT2D eigenvalue weighted by Gasteiger charge is 1.75. The van der Waals surface area contributed by atoms with Gasteiger partial charge in [-0.3, -0.25) is 0 Å². The summed E-state index contributed by atoms with van der Waals surface area (Å²) in [6.45, 7) is 3.63. The molecule has 0 atom stereocenters. The van der Waals surface area contributed by atoms with Crippen LogP contribution in [0.25, 0.3) is 6.08 Å². The van der Waals surface area contributed by atoms with E-state index in [0.717, 1.165) is 0 Å². The lowest BCUT2D eigenvalue weighted by Crippen LogP contribution is -1.63. The maximum atomic E-state index is 3.63. The van der Waals surface area contributed by atoms with E-state index in [1.807, 2.05) is 36.4 Å². The molecule has 0 aromatic heterocycles. The first-order valence-electron chi connectivity index (χ1n) is 2.61. The van der Waals surface area contributed by atoms with E-state index in [0.29, 0.717) is 0 Å². The monoisotopic (exact) mass is 134 g/mol. The molecule has 0 N–H and O–H groups in total. The third-order valence-corrected chi connectivity index (χ3v) is 1.04. The Bertz CT molecular complexity index is 167. The molecule has 0 bridgehead atoms. The van der Waals surface area contributed by atoms with Crippen LogP contribution in [0.5, 0.6) is 0 Å². The Labute approximate surface area is 66.3 Å². The summed E-state index contributed by atoms with van der Waals surface area (Å²) in [5, 5.41) is 0. The van der Waals surface area contributed by atoms with Crippen molar-refractivity contribution in [3.05, 3.63) is 42.5 Å². The fourth-order valence-corrected chi connectivity index (χ4v) is 0.589. The zero-order valence-electron chi connectivity index (χ0n) is 4.67. The van der Waals surface area contributed by atoms with Gasteiger partial charge in [-0.2, -0.15) is 0 Å². The first-order chi connectivity index (χ1) is 3.93. The molecule has 0 fully saturated rings. The summed E-state index contributed by atoms with van der Waals surface area (Å²) in [5.74, 6) is 0. The Morgan fingerprint density at radius 2 is 1.67 bits per heavy atom. The summed E-state index contributed by atoms with van der Waals surface area (Å²) in [7, 11) is 0. The van der Waals surface area contributed by atoms with Crippen LogP contribution in [0.1, 0.15) is 5.56 Å². The van der Waals surface area contributed by atoms with Gasteiger partial charge in [-0.15, -0.1) is 0 Å². The van der Waals surface area contributed by atoms with Crippen molar-refractivity contribution in [3.8, 4) is 0 Å². The number of hydrogen-bond acceptors (Lipinski definition) is 0. The third-order valence-electron chi connectivity index (χ3n) is 1.04. The molecule has 9 heavy (non-hydrogen) atoms. The standard InChI is InChI=1S/C8H8.Al.3H/c1-2-8-6-4-3-5-7-8;;;;/h2-7H,1H2;;;;. The summed E-state index contributed by atoms with van der Waals surface area (Å²) in [6.07, 6.45) is 1.83. The van der Waals surface area contributed by atoms with Gasteiger partial charge in [-0.25, -0.2) is 0 Å². The van der Waals surface area contributed by atoms with Gasteiger partial charge < -0.3 is 0 Å². The van der Waals surface area contributed by atoms with Crippen LogP contribution in [0.2, 0.25) is 0 Å². The molecule has 0 heterocycles. The van der Waals surface area contributed by atoms with Gasteiger partial charge in [-0.05, 0) is 5.56 Å². The van der Waals surface area contributed by atoms with Crippen LogP contribution < -0.4 is 0 Å². The molecule has 46 valence electrons. The average Bonchev–Trinajstić information content (AvgIpc) is 1.90. The van der Waals surface area contributed by atoms with Crippen molar-refractivity contribution in [3.63, 3.8) is 0 Å². The second-order valence-electron chi connectivity index (χ2n) is 1.61. The smallest absolute Gasteiger partial charge is 0.0985 e. The van der Waals surface area contributed by atoms with Gasteiger partial charge in [0.1, 0.15) is 0 Å². The van der Waals surface area contributed by atoms with Crippen molar-refractivity contribution in [2.24, 2.45) is 0 Å². The van der Waals surface area contributed by atoms with Gasteiger partial charge in [0, 0.05) is 0 Å². The van der Waals surface area contributed by atoms with E-state index in [9.17, 15) is 0 Å². The van der Waals surface area contributed by atoms with Gasteiger partial charge in [0.05, 0.1) is 0 Å². The molecule has 0 aliphatic carbocycles. The van der Waals surface area contributed by atoms with Gasteiger partial charge >= 0.3 is 0 Å². The SMILES string of the molecule is C=Cc1ccccc1.[AlH3]. The van der Waals surface area contributed by atoms with Gasteiger partial charge in [0.15, 0.2) is 17.4 Å². The Balaban J connectivity index is 0.000000640. The van der Waals surface area contributed by atoms with E-state index in [1.165, 1.54) is 5.56 Å². The van der Waals surface area contributed by atoms with Crippen LogP contribution in [0, 0.1) is 0 Å². The molecule has 0 aliphatic rings. The zero-order valence-corrected chi connectivity index (χ0v) is 4.67. The fourth-order valence-electron chi connectivity index (χ4n) is 0.589. The second-order valence-corrected chi connectivity index (χ2v) is 1.61.